The number of carbonyl (C=O) groups is 1. The number of likely N-dealkylation sites (tertiary alicyclic amines) is 1. The van der Waals surface area contributed by atoms with Gasteiger partial charge in [-0.1, -0.05) is 11.6 Å². The molecule has 1 aromatic rings. The molecule has 2 rings (SSSR count). The van der Waals surface area contributed by atoms with Gasteiger partial charge in [-0.3, -0.25) is 0 Å². The highest BCUT2D eigenvalue weighted by atomic mass is 35.5. The van der Waals surface area contributed by atoms with Crippen molar-refractivity contribution < 1.29 is 18.7 Å². The van der Waals surface area contributed by atoms with Crippen molar-refractivity contribution in [2.75, 3.05) is 13.1 Å². The first-order valence-corrected chi connectivity index (χ1v) is 6.97. The van der Waals surface area contributed by atoms with Crippen LogP contribution < -0.4 is 9.47 Å². The van der Waals surface area contributed by atoms with E-state index < -0.39 is 11.9 Å². The van der Waals surface area contributed by atoms with Crippen molar-refractivity contribution in [3.05, 3.63) is 23.0 Å². The standard InChI is InChI=1S/C14H17ClFNO3/c1-9(2)19-12-8-13(11(16)7-10(12)15)20-14(18)17-5-3-4-6-17/h7-9H,3-6H2,1-2H3. The lowest BCUT2D eigenvalue weighted by atomic mass is 10.3. The van der Waals surface area contributed by atoms with Crippen LogP contribution in [0.4, 0.5) is 9.18 Å². The SMILES string of the molecule is CC(C)Oc1cc(OC(=O)N2CCCC2)c(F)cc1Cl. The fourth-order valence-corrected chi connectivity index (χ4v) is 2.19. The van der Waals surface area contributed by atoms with Crippen molar-refractivity contribution in [3.8, 4) is 11.5 Å². The quantitative estimate of drug-likeness (QED) is 0.851. The van der Waals surface area contributed by atoms with Crippen LogP contribution in [0, 0.1) is 5.82 Å². The van der Waals surface area contributed by atoms with Crippen molar-refractivity contribution in [3.63, 3.8) is 0 Å². The molecule has 6 heteroatoms. The maximum atomic E-state index is 13.8. The summed E-state index contributed by atoms with van der Waals surface area (Å²) in [6.07, 6.45) is 1.24. The summed E-state index contributed by atoms with van der Waals surface area (Å²) in [5.41, 5.74) is 0. The number of halogens is 2. The fourth-order valence-electron chi connectivity index (χ4n) is 1.99. The highest BCUT2D eigenvalue weighted by Crippen LogP contribution is 2.33. The van der Waals surface area contributed by atoms with Gasteiger partial charge in [0.25, 0.3) is 0 Å². The molecular formula is C14H17ClFNO3. The fraction of sp³-hybridized carbons (Fsp3) is 0.500. The second-order valence-corrected chi connectivity index (χ2v) is 5.35. The molecule has 20 heavy (non-hydrogen) atoms. The lowest BCUT2D eigenvalue weighted by Crippen LogP contribution is -2.30. The lowest BCUT2D eigenvalue weighted by Gasteiger charge is -2.17. The predicted molar refractivity (Wildman–Crippen MR) is 74.0 cm³/mol. The van der Waals surface area contributed by atoms with Gasteiger partial charge in [0.15, 0.2) is 11.6 Å². The van der Waals surface area contributed by atoms with Gasteiger partial charge in [0.2, 0.25) is 0 Å². The third-order valence-corrected chi connectivity index (χ3v) is 3.21. The molecule has 0 saturated carbocycles. The second kappa shape index (κ2) is 6.31. The first-order valence-electron chi connectivity index (χ1n) is 6.60. The van der Waals surface area contributed by atoms with Crippen molar-refractivity contribution in [2.24, 2.45) is 0 Å². The predicted octanol–water partition coefficient (Wildman–Crippen LogP) is 3.86. The number of amides is 1. The molecule has 0 bridgehead atoms. The zero-order chi connectivity index (χ0) is 14.7. The van der Waals surface area contributed by atoms with E-state index in [2.05, 4.69) is 0 Å². The van der Waals surface area contributed by atoms with E-state index in [1.807, 2.05) is 13.8 Å². The third-order valence-electron chi connectivity index (χ3n) is 2.91. The van der Waals surface area contributed by atoms with Crippen molar-refractivity contribution >= 4 is 17.7 Å². The summed E-state index contributed by atoms with van der Waals surface area (Å²) in [5.74, 6) is -0.548. The van der Waals surface area contributed by atoms with Gasteiger partial charge in [0.05, 0.1) is 11.1 Å². The van der Waals surface area contributed by atoms with Crippen LogP contribution in [0.5, 0.6) is 11.5 Å². The van der Waals surface area contributed by atoms with Crippen LogP contribution in [0.2, 0.25) is 5.02 Å². The summed E-state index contributed by atoms with van der Waals surface area (Å²) in [4.78, 5) is 13.4. The van der Waals surface area contributed by atoms with E-state index in [-0.39, 0.29) is 16.9 Å². The van der Waals surface area contributed by atoms with Crippen molar-refractivity contribution in [2.45, 2.75) is 32.8 Å². The molecule has 1 aromatic carbocycles. The normalized spacial score (nSPS) is 14.8. The van der Waals surface area contributed by atoms with Gasteiger partial charge in [0, 0.05) is 25.2 Å². The topological polar surface area (TPSA) is 38.8 Å². The minimum atomic E-state index is -0.682. The Labute approximate surface area is 122 Å². The molecule has 1 aliphatic heterocycles. The number of benzene rings is 1. The van der Waals surface area contributed by atoms with Gasteiger partial charge in [-0.25, -0.2) is 9.18 Å². The summed E-state index contributed by atoms with van der Waals surface area (Å²) in [7, 11) is 0. The molecular weight excluding hydrogens is 285 g/mol. The Kier molecular flexibility index (Phi) is 4.70. The summed E-state index contributed by atoms with van der Waals surface area (Å²) in [6.45, 7) is 4.94. The zero-order valence-electron chi connectivity index (χ0n) is 11.5. The van der Waals surface area contributed by atoms with E-state index in [9.17, 15) is 9.18 Å². The molecule has 110 valence electrons. The largest absolute Gasteiger partial charge is 0.489 e. The second-order valence-electron chi connectivity index (χ2n) is 4.94. The average Bonchev–Trinajstić information content (AvgIpc) is 2.88. The Balaban J connectivity index is 2.15. The van der Waals surface area contributed by atoms with Crippen LogP contribution in [0.25, 0.3) is 0 Å². The molecule has 1 aliphatic rings. The number of ether oxygens (including phenoxy) is 2. The van der Waals surface area contributed by atoms with E-state index in [4.69, 9.17) is 21.1 Å². The van der Waals surface area contributed by atoms with Gasteiger partial charge in [-0.2, -0.15) is 0 Å². The minimum absolute atomic E-state index is 0.111. The van der Waals surface area contributed by atoms with E-state index in [1.54, 1.807) is 4.90 Å². The maximum Gasteiger partial charge on any atom is 0.415 e. The Hall–Kier alpha value is -1.49. The van der Waals surface area contributed by atoms with E-state index >= 15 is 0 Å². The van der Waals surface area contributed by atoms with E-state index in [0.29, 0.717) is 18.8 Å². The molecule has 1 saturated heterocycles. The first-order chi connectivity index (χ1) is 9.47. The molecule has 0 aliphatic carbocycles. The van der Waals surface area contributed by atoms with E-state index in [1.165, 1.54) is 6.07 Å². The Morgan fingerprint density at radius 2 is 1.95 bits per heavy atom. The maximum absolute atomic E-state index is 13.8. The number of hydrogen-bond donors (Lipinski definition) is 0. The first kappa shape index (κ1) is 14.9. The number of nitrogens with zero attached hydrogens (tertiary/aromatic N) is 1. The molecule has 1 amide bonds. The van der Waals surface area contributed by atoms with Gasteiger partial charge in [-0.15, -0.1) is 0 Å². The highest BCUT2D eigenvalue weighted by molar-refractivity contribution is 6.32. The third kappa shape index (κ3) is 3.54. The van der Waals surface area contributed by atoms with Gasteiger partial charge in [0.1, 0.15) is 5.75 Å². The molecule has 0 unspecified atom stereocenters. The van der Waals surface area contributed by atoms with Crippen LogP contribution in [0.15, 0.2) is 12.1 Å². The molecule has 0 radical (unpaired) electrons. The number of hydrogen-bond acceptors (Lipinski definition) is 3. The summed E-state index contributed by atoms with van der Waals surface area (Å²) < 4.78 is 24.3. The molecule has 0 N–H and O–H groups in total. The molecule has 0 aromatic heterocycles. The Morgan fingerprint density at radius 1 is 1.30 bits per heavy atom. The molecule has 0 atom stereocenters. The molecule has 1 heterocycles. The van der Waals surface area contributed by atoms with E-state index in [0.717, 1.165) is 18.9 Å². The number of rotatable bonds is 3. The lowest BCUT2D eigenvalue weighted by molar-refractivity contribution is 0.160. The number of carbonyl (C=O) groups excluding carboxylic acids is 1. The molecule has 1 fully saturated rings. The molecule has 0 spiro atoms. The van der Waals surface area contributed by atoms with Crippen molar-refractivity contribution in [1.29, 1.82) is 0 Å². The van der Waals surface area contributed by atoms with Crippen LogP contribution >= 0.6 is 11.6 Å². The van der Waals surface area contributed by atoms with Crippen molar-refractivity contribution in [1.82, 2.24) is 4.90 Å². The average molecular weight is 302 g/mol. The summed E-state index contributed by atoms with van der Waals surface area (Å²) >= 11 is 5.89. The van der Waals surface area contributed by atoms with Gasteiger partial charge < -0.3 is 14.4 Å². The minimum Gasteiger partial charge on any atom is -0.489 e. The van der Waals surface area contributed by atoms with Crippen LogP contribution in [-0.4, -0.2) is 30.2 Å². The summed E-state index contributed by atoms with van der Waals surface area (Å²) in [5, 5.41) is 0.150. The van der Waals surface area contributed by atoms with Gasteiger partial charge >= 0.3 is 6.09 Å². The summed E-state index contributed by atoms with van der Waals surface area (Å²) in [6, 6.07) is 2.40. The Bertz CT molecular complexity index is 501. The smallest absolute Gasteiger partial charge is 0.415 e. The highest BCUT2D eigenvalue weighted by Gasteiger charge is 2.22. The van der Waals surface area contributed by atoms with Crippen LogP contribution in [0.1, 0.15) is 26.7 Å². The zero-order valence-corrected chi connectivity index (χ0v) is 12.2. The van der Waals surface area contributed by atoms with Crippen LogP contribution in [0.3, 0.4) is 0 Å². The monoisotopic (exact) mass is 301 g/mol. The van der Waals surface area contributed by atoms with Crippen LogP contribution in [-0.2, 0) is 0 Å². The van der Waals surface area contributed by atoms with Gasteiger partial charge in [-0.05, 0) is 26.7 Å². The molecule has 4 nitrogen and oxygen atoms in total. The Morgan fingerprint density at radius 3 is 2.55 bits per heavy atom.